The Labute approximate surface area is 110 Å². The summed E-state index contributed by atoms with van der Waals surface area (Å²) >= 11 is 3.45. The van der Waals surface area contributed by atoms with Crippen LogP contribution in [-0.2, 0) is 4.79 Å². The second-order valence-corrected chi connectivity index (χ2v) is 6.01. The molecule has 0 bridgehead atoms. The highest BCUT2D eigenvalue weighted by atomic mass is 79.9. The van der Waals surface area contributed by atoms with E-state index >= 15 is 0 Å². The Kier molecular flexibility index (Phi) is 2.95. The molecular weight excluding hydrogens is 278 g/mol. The summed E-state index contributed by atoms with van der Waals surface area (Å²) in [4.78, 5) is 14.0. The first kappa shape index (κ1) is 11.3. The molecule has 1 unspecified atom stereocenters. The Morgan fingerprint density at radius 2 is 1.88 bits per heavy atom. The molecule has 1 aromatic rings. The quantitative estimate of drug-likeness (QED) is 0.820. The SMILES string of the molecule is O=C(C1CC1)N1CCC(c2ccc(Br)cc2)C1. The van der Waals surface area contributed by atoms with Gasteiger partial charge < -0.3 is 4.90 Å². The van der Waals surface area contributed by atoms with Crippen LogP contribution < -0.4 is 0 Å². The molecule has 17 heavy (non-hydrogen) atoms. The van der Waals surface area contributed by atoms with Crippen LogP contribution in [-0.4, -0.2) is 23.9 Å². The van der Waals surface area contributed by atoms with Crippen LogP contribution in [0.25, 0.3) is 0 Å². The van der Waals surface area contributed by atoms with Crippen LogP contribution in [0, 0.1) is 5.92 Å². The third-order valence-electron chi connectivity index (χ3n) is 3.77. The maximum atomic E-state index is 12.0. The lowest BCUT2D eigenvalue weighted by molar-refractivity contribution is -0.131. The van der Waals surface area contributed by atoms with E-state index in [0.29, 0.717) is 17.7 Å². The first-order chi connectivity index (χ1) is 8.24. The van der Waals surface area contributed by atoms with Crippen molar-refractivity contribution < 1.29 is 4.79 Å². The van der Waals surface area contributed by atoms with Crippen LogP contribution in [0.2, 0.25) is 0 Å². The lowest BCUT2D eigenvalue weighted by atomic mass is 9.99. The molecule has 1 aliphatic carbocycles. The fourth-order valence-electron chi connectivity index (χ4n) is 2.56. The summed E-state index contributed by atoms with van der Waals surface area (Å²) in [7, 11) is 0. The van der Waals surface area contributed by atoms with Crippen molar-refractivity contribution in [2.24, 2.45) is 5.92 Å². The molecule has 2 nitrogen and oxygen atoms in total. The number of benzene rings is 1. The largest absolute Gasteiger partial charge is 0.342 e. The second kappa shape index (κ2) is 4.45. The van der Waals surface area contributed by atoms with Crippen LogP contribution in [0.15, 0.2) is 28.7 Å². The van der Waals surface area contributed by atoms with Gasteiger partial charge in [0.05, 0.1) is 0 Å². The highest BCUT2D eigenvalue weighted by Crippen LogP contribution is 2.35. The summed E-state index contributed by atoms with van der Waals surface area (Å²) in [6, 6.07) is 8.50. The monoisotopic (exact) mass is 293 g/mol. The molecule has 0 aromatic heterocycles. The number of carbonyl (C=O) groups excluding carboxylic acids is 1. The highest BCUT2D eigenvalue weighted by molar-refractivity contribution is 9.10. The molecule has 0 spiro atoms. The standard InChI is InChI=1S/C14H16BrNO/c15-13-5-3-10(4-6-13)12-7-8-16(9-12)14(17)11-1-2-11/h3-6,11-12H,1-2,7-9H2. The van der Waals surface area contributed by atoms with Gasteiger partial charge in [0.1, 0.15) is 0 Å². The van der Waals surface area contributed by atoms with Gasteiger partial charge in [0.2, 0.25) is 5.91 Å². The smallest absolute Gasteiger partial charge is 0.225 e. The summed E-state index contributed by atoms with van der Waals surface area (Å²) in [5.41, 5.74) is 1.36. The van der Waals surface area contributed by atoms with E-state index in [1.165, 1.54) is 5.56 Å². The molecule has 90 valence electrons. The molecule has 1 saturated heterocycles. The molecule has 1 amide bonds. The van der Waals surface area contributed by atoms with Gasteiger partial charge >= 0.3 is 0 Å². The normalized spacial score (nSPS) is 24.1. The zero-order valence-electron chi connectivity index (χ0n) is 9.73. The summed E-state index contributed by atoms with van der Waals surface area (Å²) in [5, 5.41) is 0. The average molecular weight is 294 g/mol. The predicted molar refractivity (Wildman–Crippen MR) is 70.8 cm³/mol. The number of halogens is 1. The van der Waals surface area contributed by atoms with E-state index in [9.17, 15) is 4.79 Å². The molecule has 1 aliphatic heterocycles. The minimum Gasteiger partial charge on any atom is -0.342 e. The predicted octanol–water partition coefficient (Wildman–Crippen LogP) is 3.18. The van der Waals surface area contributed by atoms with Gasteiger partial charge in [-0.25, -0.2) is 0 Å². The number of rotatable bonds is 2. The van der Waals surface area contributed by atoms with Gasteiger partial charge in [0, 0.05) is 29.4 Å². The summed E-state index contributed by atoms with van der Waals surface area (Å²) in [6.07, 6.45) is 3.33. The minimum atomic E-state index is 0.360. The van der Waals surface area contributed by atoms with Crippen LogP contribution in [0.4, 0.5) is 0 Å². The number of likely N-dealkylation sites (tertiary alicyclic amines) is 1. The van der Waals surface area contributed by atoms with Gasteiger partial charge in [-0.2, -0.15) is 0 Å². The summed E-state index contributed by atoms with van der Waals surface area (Å²) < 4.78 is 1.12. The van der Waals surface area contributed by atoms with E-state index in [0.717, 1.165) is 36.8 Å². The maximum Gasteiger partial charge on any atom is 0.225 e. The molecule has 2 fully saturated rings. The Bertz CT molecular complexity index is 424. The van der Waals surface area contributed by atoms with Crippen molar-refractivity contribution in [3.8, 4) is 0 Å². The van der Waals surface area contributed by atoms with Crippen LogP contribution in [0.5, 0.6) is 0 Å². The number of carbonyl (C=O) groups is 1. The Hall–Kier alpha value is -0.830. The molecule has 1 aromatic carbocycles. The highest BCUT2D eigenvalue weighted by Gasteiger charge is 2.36. The molecule has 3 rings (SSSR count). The van der Waals surface area contributed by atoms with Crippen molar-refractivity contribution in [3.05, 3.63) is 34.3 Å². The van der Waals surface area contributed by atoms with Crippen molar-refractivity contribution in [3.63, 3.8) is 0 Å². The van der Waals surface area contributed by atoms with E-state index in [2.05, 4.69) is 45.1 Å². The Balaban J connectivity index is 1.66. The maximum absolute atomic E-state index is 12.0. The second-order valence-electron chi connectivity index (χ2n) is 5.10. The van der Waals surface area contributed by atoms with Gasteiger partial charge in [0.15, 0.2) is 0 Å². The molecule has 2 aliphatic rings. The van der Waals surface area contributed by atoms with E-state index < -0.39 is 0 Å². The first-order valence-corrected chi connectivity index (χ1v) is 7.07. The lowest BCUT2D eigenvalue weighted by Gasteiger charge is -2.16. The molecule has 1 heterocycles. The van der Waals surface area contributed by atoms with Crippen molar-refractivity contribution >= 4 is 21.8 Å². The fourth-order valence-corrected chi connectivity index (χ4v) is 2.82. The lowest BCUT2D eigenvalue weighted by Crippen LogP contribution is -2.29. The van der Waals surface area contributed by atoms with E-state index in [4.69, 9.17) is 0 Å². The molecule has 0 radical (unpaired) electrons. The fraction of sp³-hybridized carbons (Fsp3) is 0.500. The van der Waals surface area contributed by atoms with Gasteiger partial charge in [-0.3, -0.25) is 4.79 Å². The van der Waals surface area contributed by atoms with E-state index in [1.807, 2.05) is 0 Å². The van der Waals surface area contributed by atoms with Crippen molar-refractivity contribution in [2.45, 2.75) is 25.2 Å². The zero-order valence-corrected chi connectivity index (χ0v) is 11.3. The van der Waals surface area contributed by atoms with Gasteiger partial charge in [-0.1, -0.05) is 28.1 Å². The average Bonchev–Trinajstić information content (AvgIpc) is 3.07. The van der Waals surface area contributed by atoms with Crippen LogP contribution in [0.3, 0.4) is 0 Å². The third-order valence-corrected chi connectivity index (χ3v) is 4.30. The van der Waals surface area contributed by atoms with Crippen LogP contribution in [0.1, 0.15) is 30.7 Å². The minimum absolute atomic E-state index is 0.360. The van der Waals surface area contributed by atoms with Crippen LogP contribution >= 0.6 is 15.9 Å². The van der Waals surface area contributed by atoms with Crippen molar-refractivity contribution in [1.82, 2.24) is 4.90 Å². The third kappa shape index (κ3) is 2.39. The number of amides is 1. The Morgan fingerprint density at radius 1 is 1.18 bits per heavy atom. The molecule has 1 saturated carbocycles. The van der Waals surface area contributed by atoms with Gasteiger partial charge in [-0.05, 0) is 37.0 Å². The molecule has 3 heteroatoms. The number of hydrogen-bond donors (Lipinski definition) is 0. The zero-order chi connectivity index (χ0) is 11.8. The molecular formula is C14H16BrNO. The van der Waals surface area contributed by atoms with Crippen molar-refractivity contribution in [1.29, 1.82) is 0 Å². The summed E-state index contributed by atoms with van der Waals surface area (Å²) in [5.74, 6) is 1.29. The van der Waals surface area contributed by atoms with E-state index in [1.54, 1.807) is 0 Å². The Morgan fingerprint density at radius 3 is 2.53 bits per heavy atom. The molecule has 1 atom stereocenters. The topological polar surface area (TPSA) is 20.3 Å². The number of nitrogens with zero attached hydrogens (tertiary/aromatic N) is 1. The summed E-state index contributed by atoms with van der Waals surface area (Å²) in [6.45, 7) is 1.85. The van der Waals surface area contributed by atoms with Gasteiger partial charge in [0.25, 0.3) is 0 Å². The van der Waals surface area contributed by atoms with Gasteiger partial charge in [-0.15, -0.1) is 0 Å². The first-order valence-electron chi connectivity index (χ1n) is 6.28. The van der Waals surface area contributed by atoms with E-state index in [-0.39, 0.29) is 0 Å². The van der Waals surface area contributed by atoms with Crippen molar-refractivity contribution in [2.75, 3.05) is 13.1 Å². The molecule has 0 N–H and O–H groups in total. The number of hydrogen-bond acceptors (Lipinski definition) is 1.